The molecule has 0 aliphatic carbocycles. The third kappa shape index (κ3) is 5.68. The first-order valence-electron chi connectivity index (χ1n) is 16.2. The molecule has 3 fully saturated rings. The Morgan fingerprint density at radius 3 is 2.37 bits per heavy atom. The van der Waals surface area contributed by atoms with E-state index >= 15 is 0 Å². The first kappa shape index (κ1) is 32.9. The fourth-order valence-electron chi connectivity index (χ4n) is 8.11. The molecule has 3 amide bonds. The van der Waals surface area contributed by atoms with Gasteiger partial charge in [0.25, 0.3) is 0 Å². The number of aliphatic hydroxyl groups is 1. The lowest BCUT2D eigenvalue weighted by atomic mass is 9.64. The molecule has 3 unspecified atom stereocenters. The summed E-state index contributed by atoms with van der Waals surface area (Å²) < 4.78 is 7.02. The van der Waals surface area contributed by atoms with E-state index in [1.54, 1.807) is 26.9 Å². The van der Waals surface area contributed by atoms with E-state index in [9.17, 15) is 19.5 Å². The molecule has 3 heterocycles. The van der Waals surface area contributed by atoms with Gasteiger partial charge in [0.15, 0.2) is 0 Å². The summed E-state index contributed by atoms with van der Waals surface area (Å²) in [5.41, 5.74) is -1.01. The van der Waals surface area contributed by atoms with Crippen LogP contribution in [0.1, 0.15) is 71.8 Å². The van der Waals surface area contributed by atoms with Gasteiger partial charge in [-0.3, -0.25) is 14.4 Å². The highest BCUT2D eigenvalue weighted by atomic mass is 16.5. The Labute approximate surface area is 257 Å². The third-order valence-electron chi connectivity index (χ3n) is 10.0. The monoisotopic (exact) mass is 593 g/mol. The summed E-state index contributed by atoms with van der Waals surface area (Å²) in [7, 11) is 0. The van der Waals surface area contributed by atoms with Gasteiger partial charge in [0.2, 0.25) is 17.7 Å². The molecule has 0 aromatic heterocycles. The van der Waals surface area contributed by atoms with E-state index in [1.807, 2.05) is 51.1 Å². The number of rotatable bonds is 16. The van der Waals surface area contributed by atoms with Crippen LogP contribution in [0.5, 0.6) is 0 Å². The molecule has 2 bridgehead atoms. The third-order valence-corrected chi connectivity index (χ3v) is 10.0. The maximum absolute atomic E-state index is 14.8. The Morgan fingerprint density at radius 2 is 1.79 bits per heavy atom. The van der Waals surface area contributed by atoms with E-state index in [0.29, 0.717) is 45.3 Å². The fraction of sp³-hybridized carbons (Fsp3) is 0.629. The maximum atomic E-state index is 14.8. The van der Waals surface area contributed by atoms with Crippen LogP contribution in [0, 0.1) is 11.8 Å². The number of hydrogen-bond donors (Lipinski definition) is 1. The molecule has 3 aliphatic heterocycles. The van der Waals surface area contributed by atoms with Gasteiger partial charge in [-0.15, -0.1) is 13.2 Å². The summed E-state index contributed by atoms with van der Waals surface area (Å²) in [6.45, 7) is 16.9. The van der Waals surface area contributed by atoms with Crippen LogP contribution in [0.3, 0.4) is 0 Å². The van der Waals surface area contributed by atoms with Gasteiger partial charge < -0.3 is 24.5 Å². The Balaban J connectivity index is 1.86. The predicted octanol–water partition coefficient (Wildman–Crippen LogP) is 4.37. The summed E-state index contributed by atoms with van der Waals surface area (Å²) >= 11 is 0. The number of amides is 3. The van der Waals surface area contributed by atoms with E-state index in [2.05, 4.69) is 20.1 Å². The molecule has 3 aliphatic rings. The van der Waals surface area contributed by atoms with Gasteiger partial charge in [-0.2, -0.15) is 0 Å². The lowest BCUT2D eigenvalue weighted by Gasteiger charge is -2.41. The first-order chi connectivity index (χ1) is 20.7. The summed E-state index contributed by atoms with van der Waals surface area (Å²) in [5.74, 6) is -2.08. The SMILES string of the molecule is C=CCN(CCC)C(=O)[C@@H]1[C@H]2C(=O)N([C@@H](CO)Cc3ccccc3)C(C(=O)N(CC=C)C(C)CCC)C23CC[C@@]1(CC)O3. The molecule has 3 saturated heterocycles. The largest absolute Gasteiger partial charge is 0.394 e. The number of fused-ring (bicyclic) bond motifs is 1. The van der Waals surface area contributed by atoms with Crippen LogP contribution in [0.25, 0.3) is 0 Å². The minimum atomic E-state index is -1.15. The van der Waals surface area contributed by atoms with Gasteiger partial charge in [-0.1, -0.05) is 69.7 Å². The molecule has 1 aromatic carbocycles. The van der Waals surface area contributed by atoms with E-state index in [4.69, 9.17) is 4.74 Å². The Bertz CT molecular complexity index is 1170. The van der Waals surface area contributed by atoms with Crippen molar-refractivity contribution in [2.75, 3.05) is 26.2 Å². The molecular weight excluding hydrogens is 542 g/mol. The lowest BCUT2D eigenvalue weighted by molar-refractivity contribution is -0.159. The zero-order valence-electron chi connectivity index (χ0n) is 26.5. The van der Waals surface area contributed by atoms with Gasteiger partial charge >= 0.3 is 0 Å². The van der Waals surface area contributed by atoms with Crippen molar-refractivity contribution in [1.29, 1.82) is 0 Å². The van der Waals surface area contributed by atoms with Crippen molar-refractivity contribution in [3.63, 3.8) is 0 Å². The number of likely N-dealkylation sites (tertiary alicyclic amines) is 1. The summed E-state index contributed by atoms with van der Waals surface area (Å²) in [6, 6.07) is 8.03. The molecule has 1 spiro atoms. The molecule has 0 radical (unpaired) electrons. The molecule has 4 rings (SSSR count). The van der Waals surface area contributed by atoms with Crippen molar-refractivity contribution in [3.8, 4) is 0 Å². The highest BCUT2D eigenvalue weighted by Gasteiger charge is 2.79. The van der Waals surface area contributed by atoms with Crippen LogP contribution < -0.4 is 0 Å². The summed E-state index contributed by atoms with van der Waals surface area (Å²) in [6.07, 6.45) is 7.99. The normalized spacial score (nSPS) is 28.8. The maximum Gasteiger partial charge on any atom is 0.248 e. The zero-order valence-corrected chi connectivity index (χ0v) is 26.5. The van der Waals surface area contributed by atoms with Crippen molar-refractivity contribution in [1.82, 2.24) is 14.7 Å². The number of aliphatic hydroxyl groups excluding tert-OH is 1. The quantitative estimate of drug-likeness (QED) is 0.288. The highest BCUT2D eigenvalue weighted by Crippen LogP contribution is 2.65. The van der Waals surface area contributed by atoms with E-state index in [0.717, 1.165) is 24.8 Å². The second kappa shape index (κ2) is 13.8. The number of hydrogen-bond acceptors (Lipinski definition) is 5. The van der Waals surface area contributed by atoms with Crippen molar-refractivity contribution >= 4 is 17.7 Å². The van der Waals surface area contributed by atoms with Crippen molar-refractivity contribution in [3.05, 3.63) is 61.2 Å². The van der Waals surface area contributed by atoms with Crippen LogP contribution in [0.15, 0.2) is 55.6 Å². The van der Waals surface area contributed by atoms with Gasteiger partial charge in [-0.05, 0) is 51.0 Å². The zero-order chi connectivity index (χ0) is 31.4. The smallest absolute Gasteiger partial charge is 0.248 e. The van der Waals surface area contributed by atoms with Gasteiger partial charge in [0, 0.05) is 25.7 Å². The van der Waals surface area contributed by atoms with Crippen molar-refractivity contribution < 1.29 is 24.2 Å². The Hall–Kier alpha value is -2.97. The Morgan fingerprint density at radius 1 is 1.09 bits per heavy atom. The highest BCUT2D eigenvalue weighted by molar-refractivity contribution is 5.99. The molecular formula is C35H51N3O5. The van der Waals surface area contributed by atoms with Crippen molar-refractivity contribution in [2.45, 2.75) is 102 Å². The van der Waals surface area contributed by atoms with Crippen LogP contribution in [0.4, 0.5) is 0 Å². The lowest BCUT2D eigenvalue weighted by Crippen LogP contribution is -2.60. The molecule has 7 atom stereocenters. The molecule has 0 saturated carbocycles. The van der Waals surface area contributed by atoms with Crippen LogP contribution in [0.2, 0.25) is 0 Å². The minimum absolute atomic E-state index is 0.0755. The summed E-state index contributed by atoms with van der Waals surface area (Å²) in [4.78, 5) is 49.2. The Kier molecular flexibility index (Phi) is 10.5. The topological polar surface area (TPSA) is 90.4 Å². The van der Waals surface area contributed by atoms with Crippen LogP contribution >= 0.6 is 0 Å². The van der Waals surface area contributed by atoms with Gasteiger partial charge in [0.1, 0.15) is 11.6 Å². The molecule has 1 N–H and O–H groups in total. The molecule has 1 aromatic rings. The van der Waals surface area contributed by atoms with Gasteiger partial charge in [0.05, 0.1) is 30.1 Å². The predicted molar refractivity (Wildman–Crippen MR) is 168 cm³/mol. The standard InChI is InChI=1S/C35H51N3O5/c1-7-15-25(6)37(22-10-4)33(42)30-35-19-18-34(11-5,43-35)28(31(40)36(20-8-2)21-9-3)29(35)32(41)38(30)27(24-39)23-26-16-13-12-14-17-26/h8,10,12-14,16-17,25,27-30,39H,2,4,7,9,11,15,18-24H2,1,3,5-6H3/t25?,27-,28+,29+,30?,34-,35?/m1/s1. The molecule has 236 valence electrons. The number of nitrogens with zero attached hydrogens (tertiary/aromatic N) is 3. The number of carbonyl (C=O) groups excluding carboxylic acids is 3. The van der Waals surface area contributed by atoms with Gasteiger partial charge in [-0.25, -0.2) is 0 Å². The fourth-order valence-corrected chi connectivity index (χ4v) is 8.11. The number of ether oxygens (including phenoxy) is 1. The minimum Gasteiger partial charge on any atom is -0.394 e. The van der Waals surface area contributed by atoms with Crippen LogP contribution in [-0.4, -0.2) is 93.1 Å². The van der Waals surface area contributed by atoms with E-state index < -0.39 is 35.1 Å². The van der Waals surface area contributed by atoms with E-state index in [1.165, 1.54) is 0 Å². The average molecular weight is 594 g/mol. The van der Waals surface area contributed by atoms with Crippen molar-refractivity contribution in [2.24, 2.45) is 11.8 Å². The average Bonchev–Trinajstić information content (AvgIpc) is 3.62. The second-order valence-electron chi connectivity index (χ2n) is 12.6. The molecule has 8 nitrogen and oxygen atoms in total. The first-order valence-corrected chi connectivity index (χ1v) is 16.2. The molecule has 43 heavy (non-hydrogen) atoms. The summed E-state index contributed by atoms with van der Waals surface area (Å²) in [5, 5.41) is 10.8. The van der Waals surface area contributed by atoms with Crippen LogP contribution in [-0.2, 0) is 25.5 Å². The second-order valence-corrected chi connectivity index (χ2v) is 12.6. The number of carbonyl (C=O) groups is 3. The number of benzene rings is 1. The molecule has 8 heteroatoms. The van der Waals surface area contributed by atoms with E-state index in [-0.39, 0.29) is 30.4 Å².